The summed E-state index contributed by atoms with van der Waals surface area (Å²) in [7, 11) is 0. The van der Waals surface area contributed by atoms with Crippen molar-refractivity contribution in [3.05, 3.63) is 23.6 Å². The van der Waals surface area contributed by atoms with Crippen LogP contribution in [0.25, 0.3) is 0 Å². The monoisotopic (exact) mass is 562 g/mol. The van der Waals surface area contributed by atoms with Crippen molar-refractivity contribution in [3.63, 3.8) is 0 Å². The van der Waals surface area contributed by atoms with Crippen LogP contribution in [0.15, 0.2) is 23.6 Å². The van der Waals surface area contributed by atoms with E-state index in [1.807, 2.05) is 6.92 Å². The summed E-state index contributed by atoms with van der Waals surface area (Å²) in [5.74, 6) is -4.17. The van der Waals surface area contributed by atoms with E-state index >= 15 is 4.39 Å². The third-order valence-electron chi connectivity index (χ3n) is 9.48. The lowest BCUT2D eigenvalue weighted by Crippen LogP contribution is -2.69. The van der Waals surface area contributed by atoms with E-state index in [0.717, 1.165) is 0 Å². The van der Waals surface area contributed by atoms with Crippen molar-refractivity contribution < 1.29 is 33.0 Å². The summed E-state index contributed by atoms with van der Waals surface area (Å²) in [6, 6.07) is 0. The maximum atomic E-state index is 15.2. The molecule has 0 N–H and O–H groups in total. The van der Waals surface area contributed by atoms with Gasteiger partial charge in [0.05, 0.1) is 21.7 Å². The van der Waals surface area contributed by atoms with Gasteiger partial charge >= 0.3 is 5.97 Å². The zero-order valence-electron chi connectivity index (χ0n) is 20.8. The fourth-order valence-corrected chi connectivity index (χ4v) is 9.81. The first-order valence-electron chi connectivity index (χ1n) is 12.2. The molecule has 6 nitrogen and oxygen atoms in total. The topological polar surface area (TPSA) is 78.9 Å². The first-order chi connectivity index (χ1) is 16.5. The summed E-state index contributed by atoms with van der Waals surface area (Å²) < 4.78 is 33.0. The molecule has 0 aromatic rings. The number of ether oxygens (including phenoxy) is 3. The molecule has 0 unspecified atom stereocenters. The molecule has 3 saturated carbocycles. The van der Waals surface area contributed by atoms with E-state index in [1.165, 1.54) is 13.0 Å². The summed E-state index contributed by atoms with van der Waals surface area (Å²) in [5, 5.41) is -1.51. The average molecular weight is 564 g/mol. The van der Waals surface area contributed by atoms with Crippen LogP contribution in [0.2, 0.25) is 0 Å². The Hall–Kier alpha value is -0.990. The highest BCUT2D eigenvalue weighted by Gasteiger charge is 2.80. The molecule has 0 aromatic carbocycles. The number of rotatable bonds is 3. The van der Waals surface area contributed by atoms with Crippen LogP contribution in [0, 0.1) is 22.7 Å². The molecule has 4 fully saturated rings. The predicted octanol–water partition coefficient (Wildman–Crippen LogP) is 5.02. The van der Waals surface area contributed by atoms with Gasteiger partial charge in [-0.3, -0.25) is 14.4 Å². The van der Waals surface area contributed by atoms with Crippen LogP contribution in [0.1, 0.15) is 53.9 Å². The third-order valence-corrected chi connectivity index (χ3v) is 11.4. The molecule has 1 saturated heterocycles. The molecule has 5 aliphatic rings. The number of fused-ring (bicyclic) bond motifs is 7. The lowest BCUT2D eigenvalue weighted by atomic mass is 9.46. The molecule has 0 spiro atoms. The molecule has 10 heteroatoms. The van der Waals surface area contributed by atoms with Crippen molar-refractivity contribution in [2.75, 3.05) is 6.61 Å². The van der Waals surface area contributed by atoms with E-state index in [2.05, 4.69) is 0 Å². The van der Waals surface area contributed by atoms with Gasteiger partial charge in [-0.15, -0.1) is 34.8 Å². The van der Waals surface area contributed by atoms with E-state index in [4.69, 9.17) is 49.0 Å². The minimum Gasteiger partial charge on any atom is -0.458 e. The maximum absolute atomic E-state index is 15.2. The van der Waals surface area contributed by atoms with Crippen molar-refractivity contribution in [2.45, 2.75) is 87.0 Å². The number of hydrogen-bond acceptors (Lipinski definition) is 6. The van der Waals surface area contributed by atoms with Gasteiger partial charge in [-0.25, -0.2) is 4.39 Å². The van der Waals surface area contributed by atoms with Crippen LogP contribution in [0.5, 0.6) is 0 Å². The largest absolute Gasteiger partial charge is 0.458 e. The quantitative estimate of drug-likeness (QED) is 0.354. The van der Waals surface area contributed by atoms with Gasteiger partial charge in [-0.2, -0.15) is 0 Å². The Morgan fingerprint density at radius 2 is 1.83 bits per heavy atom. The zero-order chi connectivity index (χ0) is 26.6. The predicted molar refractivity (Wildman–Crippen MR) is 132 cm³/mol. The number of alkyl halides is 3. The number of carbonyl (C=O) groups is 3. The third kappa shape index (κ3) is 3.13. The van der Waals surface area contributed by atoms with E-state index in [0.29, 0.717) is 6.42 Å². The SMILES string of the molecule is CC(=O)OCC(=O)[C@@]12OC(C)(C)O[C@@H]1C[C@H]1[C@@H]3C[C@H](Cl)C4=C(F)C(=O)C=C[C@]4(C)[C@@]3(Cl)[C@@H](Cl)C[C@@]12C. The molecule has 0 aromatic heterocycles. The van der Waals surface area contributed by atoms with Crippen LogP contribution in [0.4, 0.5) is 4.39 Å². The van der Waals surface area contributed by atoms with Crippen molar-refractivity contribution in [1.29, 1.82) is 0 Å². The highest BCUT2D eigenvalue weighted by Crippen LogP contribution is 2.74. The Balaban J connectivity index is 1.63. The van der Waals surface area contributed by atoms with Gasteiger partial charge in [0, 0.05) is 17.8 Å². The van der Waals surface area contributed by atoms with Crippen LogP contribution < -0.4 is 0 Å². The Morgan fingerprint density at radius 1 is 1.17 bits per heavy atom. The van der Waals surface area contributed by atoms with Crippen molar-refractivity contribution in [3.8, 4) is 0 Å². The molecule has 4 aliphatic carbocycles. The van der Waals surface area contributed by atoms with Gasteiger partial charge in [0.1, 0.15) is 0 Å². The van der Waals surface area contributed by atoms with E-state index in [-0.39, 0.29) is 36.0 Å². The molecule has 198 valence electrons. The standard InChI is InChI=1S/C26H30Cl3FO6/c1-12(31)34-11-18(33)26-19(35-22(2,3)36-26)9-13-14-8-15(27)20-21(30)16(32)6-7-23(20,4)25(14,29)17(28)10-24(13,26)5/h6-7,13-15,17,19H,8-11H2,1-5H3/t13-,14-,15-,17-,19+,23-,24-,25-,26+/m0/s1. The first kappa shape index (κ1) is 26.6. The number of allylic oxidation sites excluding steroid dienone is 4. The number of carbonyl (C=O) groups excluding carboxylic acids is 3. The van der Waals surface area contributed by atoms with Gasteiger partial charge in [0.2, 0.25) is 11.6 Å². The van der Waals surface area contributed by atoms with Crippen LogP contribution in [-0.4, -0.2) is 57.3 Å². The van der Waals surface area contributed by atoms with Crippen molar-refractivity contribution in [1.82, 2.24) is 0 Å². The molecule has 1 heterocycles. The highest BCUT2D eigenvalue weighted by molar-refractivity contribution is 6.34. The van der Waals surface area contributed by atoms with Gasteiger partial charge in [0.25, 0.3) is 0 Å². The van der Waals surface area contributed by atoms with E-state index in [9.17, 15) is 14.4 Å². The minimum atomic E-state index is -1.41. The second-order valence-corrected chi connectivity index (χ2v) is 13.4. The zero-order valence-corrected chi connectivity index (χ0v) is 23.1. The maximum Gasteiger partial charge on any atom is 0.303 e. The molecule has 5 rings (SSSR count). The Kier molecular flexibility index (Phi) is 5.92. The van der Waals surface area contributed by atoms with Crippen molar-refractivity contribution in [2.24, 2.45) is 22.7 Å². The Morgan fingerprint density at radius 3 is 2.47 bits per heavy atom. The number of hydrogen-bond donors (Lipinski definition) is 0. The molecule has 9 atom stereocenters. The van der Waals surface area contributed by atoms with Gasteiger partial charge in [-0.05, 0) is 56.6 Å². The average Bonchev–Trinajstić information content (AvgIpc) is 3.18. The molecule has 36 heavy (non-hydrogen) atoms. The van der Waals surface area contributed by atoms with E-state index in [1.54, 1.807) is 26.8 Å². The van der Waals surface area contributed by atoms with Crippen LogP contribution >= 0.6 is 34.8 Å². The lowest BCUT2D eigenvalue weighted by molar-refractivity contribution is -0.213. The normalized spacial score (nSPS) is 48.7. The highest BCUT2D eigenvalue weighted by atomic mass is 35.5. The number of halogens is 4. The summed E-state index contributed by atoms with van der Waals surface area (Å²) in [6.45, 7) is 8.03. The summed E-state index contributed by atoms with van der Waals surface area (Å²) in [5.41, 5.74) is -3.18. The minimum absolute atomic E-state index is 0.171. The first-order valence-corrected chi connectivity index (χ1v) is 13.5. The molecule has 0 radical (unpaired) electrons. The molecule has 1 aliphatic heterocycles. The fourth-order valence-electron chi connectivity index (χ4n) is 8.10. The molecule has 0 bridgehead atoms. The second-order valence-electron chi connectivity index (χ2n) is 11.7. The van der Waals surface area contributed by atoms with E-state index < -0.39 is 68.1 Å². The number of ketones is 2. The molecular formula is C26H30Cl3FO6. The molecular weight excluding hydrogens is 534 g/mol. The van der Waals surface area contributed by atoms with Crippen molar-refractivity contribution >= 4 is 52.3 Å². The smallest absolute Gasteiger partial charge is 0.303 e. The summed E-state index contributed by atoms with van der Waals surface area (Å²) in [4.78, 5) is 36.3. The second kappa shape index (κ2) is 8.01. The summed E-state index contributed by atoms with van der Waals surface area (Å²) in [6.07, 6.45) is 3.20. The Bertz CT molecular complexity index is 1120. The number of esters is 1. The fraction of sp³-hybridized carbons (Fsp3) is 0.731. The van der Waals surface area contributed by atoms with Gasteiger partial charge in [0.15, 0.2) is 23.8 Å². The number of Topliss-reactive ketones (excluding diaryl/α,β-unsaturated/α-hetero) is 1. The molecule has 0 amide bonds. The van der Waals surface area contributed by atoms with Gasteiger partial charge in [-0.1, -0.05) is 19.9 Å². The van der Waals surface area contributed by atoms with Gasteiger partial charge < -0.3 is 14.2 Å². The Labute approximate surface area is 224 Å². The summed E-state index contributed by atoms with van der Waals surface area (Å²) >= 11 is 21.4. The van der Waals surface area contributed by atoms with Crippen LogP contribution in [0.3, 0.4) is 0 Å². The van der Waals surface area contributed by atoms with Crippen LogP contribution in [-0.2, 0) is 28.6 Å². The lowest BCUT2D eigenvalue weighted by Gasteiger charge is -2.64.